The van der Waals surface area contributed by atoms with E-state index in [1.54, 1.807) is 6.08 Å². The van der Waals surface area contributed by atoms with E-state index in [2.05, 4.69) is 43.0 Å². The van der Waals surface area contributed by atoms with Crippen LogP contribution in [-0.4, -0.2) is 39.8 Å². The van der Waals surface area contributed by atoms with Gasteiger partial charge in [0.1, 0.15) is 5.57 Å². The van der Waals surface area contributed by atoms with Gasteiger partial charge in [0.25, 0.3) is 11.8 Å². The Morgan fingerprint density at radius 1 is 1.00 bits per heavy atom. The van der Waals surface area contributed by atoms with Crippen LogP contribution in [0.5, 0.6) is 0 Å². The zero-order valence-corrected chi connectivity index (χ0v) is 18.5. The summed E-state index contributed by atoms with van der Waals surface area (Å²) in [6.07, 6.45) is 9.62. The van der Waals surface area contributed by atoms with Gasteiger partial charge >= 0.3 is 0 Å². The molecule has 0 radical (unpaired) electrons. The lowest BCUT2D eigenvalue weighted by Gasteiger charge is -2.35. The van der Waals surface area contributed by atoms with Crippen molar-refractivity contribution in [2.75, 3.05) is 18.0 Å². The fourth-order valence-electron chi connectivity index (χ4n) is 4.32. The predicted molar refractivity (Wildman–Crippen MR) is 123 cm³/mol. The van der Waals surface area contributed by atoms with E-state index in [0.29, 0.717) is 13.1 Å². The van der Waals surface area contributed by atoms with Crippen LogP contribution in [0.2, 0.25) is 0 Å². The van der Waals surface area contributed by atoms with Crippen LogP contribution in [0.1, 0.15) is 33.3 Å². The van der Waals surface area contributed by atoms with E-state index >= 15 is 0 Å². The molecule has 5 nitrogen and oxygen atoms in total. The van der Waals surface area contributed by atoms with Gasteiger partial charge in [-0.15, -0.1) is 0 Å². The Morgan fingerprint density at radius 2 is 1.63 bits per heavy atom. The standard InChI is InChI=1S/C24H25N3O2S/c1-5-25-21(28)17(22(29)26(6-2)23(25)30)15-14-16-10-9-13-20-24(3,4)18-11-7-8-12-19(18)27(16)20/h7-15H,5-6H2,1-4H3. The highest BCUT2D eigenvalue weighted by atomic mass is 32.1. The first-order valence-electron chi connectivity index (χ1n) is 10.2. The van der Waals surface area contributed by atoms with Gasteiger partial charge in [0, 0.05) is 35.6 Å². The van der Waals surface area contributed by atoms with Gasteiger partial charge in [-0.3, -0.25) is 19.4 Å². The highest BCUT2D eigenvalue weighted by molar-refractivity contribution is 7.80. The van der Waals surface area contributed by atoms with E-state index in [4.69, 9.17) is 12.2 Å². The monoisotopic (exact) mass is 419 g/mol. The molecule has 3 heterocycles. The maximum atomic E-state index is 12.9. The van der Waals surface area contributed by atoms with Crippen molar-refractivity contribution >= 4 is 34.8 Å². The molecule has 3 aliphatic heterocycles. The molecule has 0 atom stereocenters. The minimum absolute atomic E-state index is 0.131. The lowest BCUT2D eigenvalue weighted by atomic mass is 9.83. The summed E-state index contributed by atoms with van der Waals surface area (Å²) in [6, 6.07) is 8.34. The molecule has 0 unspecified atom stereocenters. The quantitative estimate of drug-likeness (QED) is 0.421. The second-order valence-corrected chi connectivity index (χ2v) is 8.31. The molecular formula is C24H25N3O2S. The summed E-state index contributed by atoms with van der Waals surface area (Å²) >= 11 is 5.33. The third kappa shape index (κ3) is 2.86. The van der Waals surface area contributed by atoms with Crippen LogP contribution < -0.4 is 4.90 Å². The van der Waals surface area contributed by atoms with Gasteiger partial charge in [0.2, 0.25) is 0 Å². The molecule has 1 fully saturated rings. The van der Waals surface area contributed by atoms with E-state index < -0.39 is 0 Å². The Balaban J connectivity index is 1.77. The molecule has 0 spiro atoms. The topological polar surface area (TPSA) is 43.9 Å². The predicted octanol–water partition coefficient (Wildman–Crippen LogP) is 4.04. The van der Waals surface area contributed by atoms with Crippen molar-refractivity contribution in [3.05, 3.63) is 77.2 Å². The summed E-state index contributed by atoms with van der Waals surface area (Å²) < 4.78 is 0. The third-order valence-corrected chi connectivity index (χ3v) is 6.39. The first kappa shape index (κ1) is 20.3. The lowest BCUT2D eigenvalue weighted by Crippen LogP contribution is -2.55. The zero-order valence-electron chi connectivity index (χ0n) is 17.7. The number of nitrogens with zero attached hydrogens (tertiary/aromatic N) is 3. The van der Waals surface area contributed by atoms with Crippen LogP contribution in [0.15, 0.2) is 71.6 Å². The molecule has 0 aromatic heterocycles. The number of fused-ring (bicyclic) bond motifs is 3. The molecule has 0 saturated carbocycles. The number of para-hydroxylation sites is 1. The highest BCUT2D eigenvalue weighted by Gasteiger charge is 2.42. The Labute approximate surface area is 182 Å². The van der Waals surface area contributed by atoms with Crippen molar-refractivity contribution in [3.8, 4) is 0 Å². The number of amides is 2. The zero-order chi connectivity index (χ0) is 21.6. The molecule has 1 saturated heterocycles. The van der Waals surface area contributed by atoms with Crippen molar-refractivity contribution in [2.45, 2.75) is 33.1 Å². The SMILES string of the molecule is CCN1C(=O)C(=CC=C2C=CC=C3N2c2ccccc2C3(C)C)C(=O)N(CC)C1=S. The smallest absolute Gasteiger partial charge is 0.265 e. The van der Waals surface area contributed by atoms with Crippen LogP contribution in [0.3, 0.4) is 0 Å². The molecule has 0 aliphatic carbocycles. The molecule has 0 bridgehead atoms. The second kappa shape index (κ2) is 7.36. The van der Waals surface area contributed by atoms with Gasteiger partial charge in [0.05, 0.1) is 0 Å². The molecular weight excluding hydrogens is 394 g/mol. The van der Waals surface area contributed by atoms with Crippen molar-refractivity contribution in [3.63, 3.8) is 0 Å². The molecule has 4 rings (SSSR count). The summed E-state index contributed by atoms with van der Waals surface area (Å²) in [5, 5.41) is 0.276. The first-order chi connectivity index (χ1) is 14.3. The van der Waals surface area contributed by atoms with Crippen molar-refractivity contribution in [2.24, 2.45) is 0 Å². The fourth-order valence-corrected chi connectivity index (χ4v) is 4.74. The van der Waals surface area contributed by atoms with E-state index in [1.165, 1.54) is 21.1 Å². The third-order valence-electron chi connectivity index (χ3n) is 5.94. The molecule has 2 amide bonds. The molecule has 30 heavy (non-hydrogen) atoms. The molecule has 1 aromatic carbocycles. The number of thiocarbonyl (C=S) groups is 1. The van der Waals surface area contributed by atoms with Crippen molar-refractivity contribution in [1.29, 1.82) is 0 Å². The number of benzene rings is 1. The number of allylic oxidation sites excluding steroid dienone is 6. The number of hydrogen-bond donors (Lipinski definition) is 0. The van der Waals surface area contributed by atoms with Crippen LogP contribution in [0.25, 0.3) is 0 Å². The van der Waals surface area contributed by atoms with E-state index in [0.717, 1.165) is 11.4 Å². The van der Waals surface area contributed by atoms with Gasteiger partial charge in [-0.25, -0.2) is 0 Å². The minimum atomic E-state index is -0.341. The van der Waals surface area contributed by atoms with Gasteiger partial charge in [0.15, 0.2) is 5.11 Å². The van der Waals surface area contributed by atoms with Crippen LogP contribution in [0, 0.1) is 0 Å². The summed E-state index contributed by atoms with van der Waals surface area (Å²) in [6.45, 7) is 8.98. The number of carbonyl (C=O) groups excluding carboxylic acids is 2. The maximum Gasteiger partial charge on any atom is 0.265 e. The van der Waals surface area contributed by atoms with Crippen LogP contribution in [-0.2, 0) is 15.0 Å². The Kier molecular flexibility index (Phi) is 4.98. The molecule has 0 N–H and O–H groups in total. The van der Waals surface area contributed by atoms with Gasteiger partial charge in [-0.05, 0) is 62.0 Å². The molecule has 3 aliphatic rings. The van der Waals surface area contributed by atoms with Crippen LogP contribution >= 0.6 is 12.2 Å². The van der Waals surface area contributed by atoms with Crippen molar-refractivity contribution in [1.82, 2.24) is 9.80 Å². The van der Waals surface area contributed by atoms with Gasteiger partial charge < -0.3 is 4.90 Å². The average molecular weight is 420 g/mol. The Bertz CT molecular complexity index is 1050. The number of rotatable bonds is 3. The van der Waals surface area contributed by atoms with Crippen LogP contribution in [0.4, 0.5) is 5.69 Å². The first-order valence-corrected chi connectivity index (χ1v) is 10.6. The summed E-state index contributed by atoms with van der Waals surface area (Å²) in [5.41, 5.74) is 4.46. The van der Waals surface area contributed by atoms with Crippen molar-refractivity contribution < 1.29 is 9.59 Å². The summed E-state index contributed by atoms with van der Waals surface area (Å²) in [7, 11) is 0. The second-order valence-electron chi connectivity index (χ2n) is 7.94. The number of likely N-dealkylation sites (N-methyl/N-ethyl adjacent to an activating group) is 2. The molecule has 154 valence electrons. The summed E-state index contributed by atoms with van der Waals surface area (Å²) in [5.74, 6) is -0.682. The van der Waals surface area contributed by atoms with Gasteiger partial charge in [-0.1, -0.05) is 38.1 Å². The highest BCUT2D eigenvalue weighted by Crippen LogP contribution is 2.50. The maximum absolute atomic E-state index is 12.9. The summed E-state index contributed by atoms with van der Waals surface area (Å²) in [4.78, 5) is 30.9. The lowest BCUT2D eigenvalue weighted by molar-refractivity contribution is -0.133. The Morgan fingerprint density at radius 3 is 2.27 bits per heavy atom. The average Bonchev–Trinajstić information content (AvgIpc) is 2.97. The normalized spacial score (nSPS) is 21.3. The number of anilines is 1. The Hall–Kier alpha value is -2.99. The van der Waals surface area contributed by atoms with E-state index in [-0.39, 0.29) is 27.9 Å². The van der Waals surface area contributed by atoms with E-state index in [1.807, 2.05) is 38.1 Å². The van der Waals surface area contributed by atoms with E-state index in [9.17, 15) is 9.59 Å². The molecule has 1 aromatic rings. The van der Waals surface area contributed by atoms with Gasteiger partial charge in [-0.2, -0.15) is 0 Å². The number of carbonyl (C=O) groups is 2. The fraction of sp³-hybridized carbons (Fsp3) is 0.292. The number of hydrogen-bond acceptors (Lipinski definition) is 4. The largest absolute Gasteiger partial charge is 0.313 e. The minimum Gasteiger partial charge on any atom is -0.313 e. The molecule has 6 heteroatoms.